The molecule has 0 amide bonds. The highest BCUT2D eigenvalue weighted by Crippen LogP contribution is 2.37. The summed E-state index contributed by atoms with van der Waals surface area (Å²) < 4.78 is 32.0. The van der Waals surface area contributed by atoms with Crippen molar-refractivity contribution in [1.82, 2.24) is 4.90 Å². The fraction of sp³-hybridized carbons (Fsp3) is 0.400. The molecule has 7 heteroatoms. The number of thiophene rings is 1. The van der Waals surface area contributed by atoms with Gasteiger partial charge in [-0.25, -0.2) is 4.79 Å². The van der Waals surface area contributed by atoms with Gasteiger partial charge in [-0.2, -0.15) is 0 Å². The minimum atomic E-state index is -2.85. The number of benzene rings is 1. The molecular formula is C20H22ClNO4S. The van der Waals surface area contributed by atoms with Crippen LogP contribution in [-0.4, -0.2) is 30.4 Å². The van der Waals surface area contributed by atoms with E-state index in [0.29, 0.717) is 48.0 Å². The van der Waals surface area contributed by atoms with Crippen molar-refractivity contribution in [3.05, 3.63) is 51.4 Å². The molecule has 27 heavy (non-hydrogen) atoms. The topological polar surface area (TPSA) is 55.8 Å². The van der Waals surface area contributed by atoms with Gasteiger partial charge in [0.2, 0.25) is 0 Å². The minimum Gasteiger partial charge on any atom is -0.468 e. The van der Waals surface area contributed by atoms with Crippen molar-refractivity contribution >= 4 is 34.9 Å². The molecule has 0 aliphatic carbocycles. The first-order valence-electron chi connectivity index (χ1n) is 10.2. The van der Waals surface area contributed by atoms with Gasteiger partial charge in [0.05, 0.1) is 11.2 Å². The number of hydrogen-bond acceptors (Lipinski definition) is 6. The monoisotopic (exact) mass is 410 g/mol. The van der Waals surface area contributed by atoms with Crippen LogP contribution in [0, 0.1) is 0 Å². The van der Waals surface area contributed by atoms with E-state index in [4.69, 9.17) is 25.2 Å². The second-order valence-electron chi connectivity index (χ2n) is 6.30. The predicted molar refractivity (Wildman–Crippen MR) is 105 cm³/mol. The molecule has 2 heterocycles. The summed E-state index contributed by atoms with van der Waals surface area (Å²) in [6.45, 7) is 2.79. The Balaban J connectivity index is 1.85. The van der Waals surface area contributed by atoms with Crippen LogP contribution in [0.4, 0.5) is 0 Å². The molecule has 0 bridgehead atoms. The van der Waals surface area contributed by atoms with Gasteiger partial charge in [-0.05, 0) is 36.1 Å². The van der Waals surface area contributed by atoms with Gasteiger partial charge in [-0.3, -0.25) is 9.69 Å². The molecule has 0 saturated carbocycles. The predicted octanol–water partition coefficient (Wildman–Crippen LogP) is 4.38. The Morgan fingerprint density at radius 3 is 2.96 bits per heavy atom. The van der Waals surface area contributed by atoms with Crippen molar-refractivity contribution in [3.8, 4) is 5.06 Å². The van der Waals surface area contributed by atoms with Gasteiger partial charge < -0.3 is 9.47 Å². The lowest BCUT2D eigenvalue weighted by Crippen LogP contribution is -2.38. The van der Waals surface area contributed by atoms with E-state index in [1.54, 1.807) is 30.3 Å². The van der Waals surface area contributed by atoms with E-state index < -0.39 is 19.0 Å². The average Bonchev–Trinajstić information content (AvgIpc) is 3.03. The van der Waals surface area contributed by atoms with E-state index in [1.165, 1.54) is 11.3 Å². The Bertz CT molecular complexity index is 931. The van der Waals surface area contributed by atoms with Crippen LogP contribution in [0.15, 0.2) is 30.3 Å². The Hall–Kier alpha value is -1.89. The normalized spacial score (nSPS) is 17.2. The quantitative estimate of drug-likeness (QED) is 0.661. The summed E-state index contributed by atoms with van der Waals surface area (Å²) in [6, 6.07) is 7.66. The molecule has 5 nitrogen and oxygen atoms in total. The van der Waals surface area contributed by atoms with E-state index in [-0.39, 0.29) is 5.97 Å². The number of hydrogen-bond donors (Lipinski definition) is 0. The number of fused-ring (bicyclic) bond motifs is 1. The zero-order valence-electron chi connectivity index (χ0n) is 17.9. The lowest BCUT2D eigenvalue weighted by atomic mass is 10.0. The summed E-state index contributed by atoms with van der Waals surface area (Å²) in [5.41, 5.74) is 1.42. The molecule has 3 rings (SSSR count). The SMILES string of the molecule is [2H]C([2H])([2H])OC(=O)[C@H](c1ccccc1Cl)N1CCc2sc(OC(=O)CCC)cc2C1. The number of rotatable bonds is 6. The smallest absolute Gasteiger partial charge is 0.327 e. The molecule has 0 saturated heterocycles. The van der Waals surface area contributed by atoms with E-state index in [2.05, 4.69) is 0 Å². The van der Waals surface area contributed by atoms with Gasteiger partial charge in [-0.1, -0.05) is 36.7 Å². The molecular weight excluding hydrogens is 386 g/mol. The summed E-state index contributed by atoms with van der Waals surface area (Å²) in [5.74, 6) is -1.15. The number of carbonyl (C=O) groups is 2. The lowest BCUT2D eigenvalue weighted by molar-refractivity contribution is -0.147. The van der Waals surface area contributed by atoms with Crippen molar-refractivity contribution < 1.29 is 23.2 Å². The number of ether oxygens (including phenoxy) is 2. The van der Waals surface area contributed by atoms with Gasteiger partial charge in [-0.15, -0.1) is 11.3 Å². The van der Waals surface area contributed by atoms with Crippen LogP contribution < -0.4 is 4.74 Å². The molecule has 1 aliphatic heterocycles. The Labute approximate surface area is 172 Å². The second kappa shape index (κ2) is 8.87. The van der Waals surface area contributed by atoms with Crippen LogP contribution in [-0.2, 0) is 27.3 Å². The molecule has 144 valence electrons. The van der Waals surface area contributed by atoms with Crippen molar-refractivity contribution in [3.63, 3.8) is 0 Å². The Morgan fingerprint density at radius 1 is 1.41 bits per heavy atom. The highest BCUT2D eigenvalue weighted by atomic mass is 35.5. The molecule has 0 spiro atoms. The third kappa shape index (κ3) is 4.51. The zero-order valence-corrected chi connectivity index (χ0v) is 16.4. The lowest BCUT2D eigenvalue weighted by Gasteiger charge is -2.33. The van der Waals surface area contributed by atoms with E-state index in [0.717, 1.165) is 10.4 Å². The molecule has 1 aromatic carbocycles. The van der Waals surface area contributed by atoms with Crippen LogP contribution in [0.25, 0.3) is 0 Å². The highest BCUT2D eigenvalue weighted by Gasteiger charge is 2.33. The maximum absolute atomic E-state index is 12.8. The Morgan fingerprint density at radius 2 is 2.22 bits per heavy atom. The molecule has 0 N–H and O–H groups in total. The van der Waals surface area contributed by atoms with Crippen LogP contribution in [0.1, 0.15) is 45.9 Å². The third-order valence-electron chi connectivity index (χ3n) is 4.43. The maximum atomic E-state index is 12.8. The minimum absolute atomic E-state index is 0.275. The zero-order chi connectivity index (χ0) is 21.9. The summed E-state index contributed by atoms with van der Waals surface area (Å²) in [6.07, 6.45) is 1.69. The first kappa shape index (κ1) is 16.1. The van der Waals surface area contributed by atoms with Gasteiger partial charge in [0.1, 0.15) is 6.04 Å². The first-order valence-corrected chi connectivity index (χ1v) is 9.91. The van der Waals surface area contributed by atoms with Crippen molar-refractivity contribution in [2.24, 2.45) is 0 Å². The second-order valence-corrected chi connectivity index (χ2v) is 7.81. The van der Waals surface area contributed by atoms with Crippen molar-refractivity contribution in [2.75, 3.05) is 13.6 Å². The molecule has 0 unspecified atom stereocenters. The van der Waals surface area contributed by atoms with Crippen LogP contribution in [0.3, 0.4) is 0 Å². The summed E-state index contributed by atoms with van der Waals surface area (Å²) in [4.78, 5) is 27.5. The maximum Gasteiger partial charge on any atom is 0.327 e. The number of nitrogens with zero attached hydrogens (tertiary/aromatic N) is 1. The highest BCUT2D eigenvalue weighted by molar-refractivity contribution is 7.14. The molecule has 1 atom stereocenters. The summed E-state index contributed by atoms with van der Waals surface area (Å²) in [7, 11) is -2.85. The molecule has 1 aromatic heterocycles. The first-order chi connectivity index (χ1) is 14.2. The van der Waals surface area contributed by atoms with E-state index >= 15 is 0 Å². The van der Waals surface area contributed by atoms with Crippen molar-refractivity contribution in [1.29, 1.82) is 0 Å². The van der Waals surface area contributed by atoms with Crippen molar-refractivity contribution in [2.45, 2.75) is 38.8 Å². The standard InChI is InChI=1S/C20H22ClNO4S/c1-3-6-17(23)26-18-11-13-12-22(10-9-16(13)27-18)19(20(24)25-2)14-7-4-5-8-15(14)21/h4-5,7-8,11,19H,3,6,9-10,12H2,1-2H3/t19-/m0/s1/i2D3. The van der Waals surface area contributed by atoms with Crippen LogP contribution in [0.5, 0.6) is 5.06 Å². The van der Waals surface area contributed by atoms with Crippen LogP contribution in [0.2, 0.25) is 5.02 Å². The number of methoxy groups -OCH3 is 1. The molecule has 0 fully saturated rings. The van der Waals surface area contributed by atoms with Gasteiger partial charge >= 0.3 is 11.9 Å². The largest absolute Gasteiger partial charge is 0.468 e. The fourth-order valence-electron chi connectivity index (χ4n) is 3.19. The number of carbonyl (C=O) groups excluding carboxylic acids is 2. The van der Waals surface area contributed by atoms with Gasteiger partial charge in [0, 0.05) is 29.4 Å². The summed E-state index contributed by atoms with van der Waals surface area (Å²) >= 11 is 7.73. The third-order valence-corrected chi connectivity index (χ3v) is 5.89. The summed E-state index contributed by atoms with van der Waals surface area (Å²) in [5, 5.41) is 0.884. The van der Waals surface area contributed by atoms with Gasteiger partial charge in [0.15, 0.2) is 5.06 Å². The number of esters is 2. The van der Waals surface area contributed by atoms with E-state index in [1.807, 2.05) is 11.8 Å². The van der Waals surface area contributed by atoms with Crippen LogP contribution >= 0.6 is 22.9 Å². The number of halogens is 1. The Kier molecular flexibility index (Phi) is 5.29. The molecule has 1 aliphatic rings. The average molecular weight is 411 g/mol. The molecule has 0 radical (unpaired) electrons. The van der Waals surface area contributed by atoms with E-state index in [9.17, 15) is 9.59 Å². The molecule has 2 aromatic rings. The van der Waals surface area contributed by atoms with Gasteiger partial charge in [0.25, 0.3) is 0 Å². The fourth-order valence-corrected chi connectivity index (χ4v) is 4.46.